The molecule has 0 aliphatic rings. The van der Waals surface area contributed by atoms with E-state index in [0.717, 1.165) is 0 Å². The van der Waals surface area contributed by atoms with E-state index in [1.165, 1.54) is 0 Å². The van der Waals surface area contributed by atoms with Gasteiger partial charge in [0.2, 0.25) is 15.0 Å². The van der Waals surface area contributed by atoms with Gasteiger partial charge >= 0.3 is 5.69 Å². The normalized spacial score (nSPS) is 11.5. The molecule has 1 heterocycles. The van der Waals surface area contributed by atoms with E-state index < -0.39 is 15.5 Å². The number of hydrogen-bond acceptors (Lipinski definition) is 4. The van der Waals surface area contributed by atoms with E-state index in [1.54, 1.807) is 30.3 Å². The number of H-pyrrole nitrogens is 2. The van der Waals surface area contributed by atoms with E-state index in [9.17, 15) is 13.2 Å². The van der Waals surface area contributed by atoms with Crippen LogP contribution < -0.4 is 5.69 Å². The van der Waals surface area contributed by atoms with E-state index in [2.05, 4.69) is 10.1 Å². The van der Waals surface area contributed by atoms with Gasteiger partial charge in [0.15, 0.2) is 0 Å². The largest absolute Gasteiger partial charge is 0.341 e. The monoisotopic (exact) mass is 239 g/mol. The van der Waals surface area contributed by atoms with Crippen LogP contribution in [-0.4, -0.2) is 23.6 Å². The Morgan fingerprint density at radius 1 is 1.19 bits per heavy atom. The summed E-state index contributed by atoms with van der Waals surface area (Å²) in [6.07, 6.45) is 0. The van der Waals surface area contributed by atoms with Gasteiger partial charge in [0, 0.05) is 0 Å². The van der Waals surface area contributed by atoms with E-state index in [-0.39, 0.29) is 10.9 Å². The molecule has 0 radical (unpaired) electrons. The zero-order valence-electron chi connectivity index (χ0n) is 8.17. The van der Waals surface area contributed by atoms with Crippen molar-refractivity contribution in [3.8, 4) is 0 Å². The highest BCUT2D eigenvalue weighted by atomic mass is 32.2. The number of aromatic amines is 2. The first kappa shape index (κ1) is 10.6. The molecule has 0 saturated heterocycles. The SMILES string of the molecule is O=c1[nH]nc(S(=O)(=O)Cc2ccccc2)[nH]1. The lowest BCUT2D eigenvalue weighted by atomic mass is 10.2. The summed E-state index contributed by atoms with van der Waals surface area (Å²) in [6, 6.07) is 8.69. The molecule has 0 amide bonds. The first-order valence-electron chi connectivity index (χ1n) is 4.49. The number of rotatable bonds is 3. The van der Waals surface area contributed by atoms with Crippen molar-refractivity contribution in [2.45, 2.75) is 10.9 Å². The van der Waals surface area contributed by atoms with E-state index in [0.29, 0.717) is 5.56 Å². The molecule has 2 N–H and O–H groups in total. The zero-order chi connectivity index (χ0) is 11.6. The van der Waals surface area contributed by atoms with Gasteiger partial charge in [-0.2, -0.15) is 0 Å². The summed E-state index contributed by atoms with van der Waals surface area (Å²) in [5.74, 6) is -0.186. The Kier molecular flexibility index (Phi) is 2.61. The van der Waals surface area contributed by atoms with Crippen LogP contribution in [0, 0.1) is 0 Å². The predicted molar refractivity (Wildman–Crippen MR) is 56.5 cm³/mol. The van der Waals surface area contributed by atoms with Gasteiger partial charge in [-0.1, -0.05) is 30.3 Å². The number of sulfone groups is 1. The Hall–Kier alpha value is -1.89. The number of nitrogens with one attached hydrogen (secondary N) is 2. The van der Waals surface area contributed by atoms with Gasteiger partial charge in [0.1, 0.15) is 0 Å². The highest BCUT2D eigenvalue weighted by Crippen LogP contribution is 2.10. The molecule has 0 aliphatic heterocycles. The molecule has 0 unspecified atom stereocenters. The van der Waals surface area contributed by atoms with Gasteiger partial charge < -0.3 is 0 Å². The predicted octanol–water partition coefficient (Wildman–Crippen LogP) is 0.0719. The molecular formula is C9H9N3O3S. The minimum Gasteiger partial charge on any atom is -0.280 e. The van der Waals surface area contributed by atoms with Gasteiger partial charge in [-0.3, -0.25) is 4.98 Å². The Labute approximate surface area is 91.3 Å². The lowest BCUT2D eigenvalue weighted by Crippen LogP contribution is -2.08. The third kappa shape index (κ3) is 2.19. The summed E-state index contributed by atoms with van der Waals surface area (Å²) in [5, 5.41) is 5.09. The molecule has 16 heavy (non-hydrogen) atoms. The molecule has 2 rings (SSSR count). The average Bonchev–Trinajstić information content (AvgIpc) is 2.66. The molecule has 1 aromatic heterocycles. The fourth-order valence-electron chi connectivity index (χ4n) is 1.26. The standard InChI is InChI=1S/C9H9N3O3S/c13-8-10-9(12-11-8)16(14,15)6-7-4-2-1-3-5-7/h1-5H,6H2,(H2,10,11,12,13). The zero-order valence-corrected chi connectivity index (χ0v) is 8.99. The molecule has 0 bridgehead atoms. The summed E-state index contributed by atoms with van der Waals surface area (Å²) in [7, 11) is -3.59. The summed E-state index contributed by atoms with van der Waals surface area (Å²) in [4.78, 5) is 12.9. The first-order valence-corrected chi connectivity index (χ1v) is 6.14. The molecule has 0 aliphatic carbocycles. The lowest BCUT2D eigenvalue weighted by molar-refractivity contribution is 0.587. The van der Waals surface area contributed by atoms with Crippen LogP contribution in [0.25, 0.3) is 0 Å². The van der Waals surface area contributed by atoms with Gasteiger partial charge in [0.05, 0.1) is 5.75 Å². The van der Waals surface area contributed by atoms with Crippen molar-refractivity contribution >= 4 is 9.84 Å². The summed E-state index contributed by atoms with van der Waals surface area (Å²) in [6.45, 7) is 0. The second kappa shape index (κ2) is 3.93. The second-order valence-corrected chi connectivity index (χ2v) is 5.13. The number of aromatic nitrogens is 3. The van der Waals surface area contributed by atoms with Crippen LogP contribution >= 0.6 is 0 Å². The van der Waals surface area contributed by atoms with Gasteiger partial charge in [0.25, 0.3) is 0 Å². The first-order chi connectivity index (χ1) is 7.58. The molecule has 7 heteroatoms. The van der Waals surface area contributed by atoms with Gasteiger partial charge in [-0.15, -0.1) is 5.10 Å². The fourth-order valence-corrected chi connectivity index (χ4v) is 2.46. The quantitative estimate of drug-likeness (QED) is 0.792. The Morgan fingerprint density at radius 3 is 2.44 bits per heavy atom. The maximum absolute atomic E-state index is 11.8. The van der Waals surface area contributed by atoms with Crippen LogP contribution in [0.15, 0.2) is 40.3 Å². The Bertz CT molecular complexity index is 627. The van der Waals surface area contributed by atoms with Gasteiger partial charge in [-0.05, 0) is 5.56 Å². The van der Waals surface area contributed by atoms with E-state index >= 15 is 0 Å². The van der Waals surface area contributed by atoms with Crippen LogP contribution in [0.2, 0.25) is 0 Å². The summed E-state index contributed by atoms with van der Waals surface area (Å²) < 4.78 is 23.5. The smallest absolute Gasteiger partial charge is 0.280 e. The van der Waals surface area contributed by atoms with Crippen molar-refractivity contribution in [3.63, 3.8) is 0 Å². The topological polar surface area (TPSA) is 95.7 Å². The van der Waals surface area contributed by atoms with E-state index in [1.807, 2.05) is 5.10 Å². The third-order valence-electron chi connectivity index (χ3n) is 1.97. The molecule has 0 fully saturated rings. The van der Waals surface area contributed by atoms with Crippen LogP contribution in [0.4, 0.5) is 0 Å². The fraction of sp³-hybridized carbons (Fsp3) is 0.111. The highest BCUT2D eigenvalue weighted by molar-refractivity contribution is 7.90. The van der Waals surface area contributed by atoms with Crippen LogP contribution in [0.3, 0.4) is 0 Å². The Balaban J connectivity index is 2.31. The number of nitrogens with zero attached hydrogens (tertiary/aromatic N) is 1. The van der Waals surface area contributed by atoms with Crippen molar-refractivity contribution in [2.75, 3.05) is 0 Å². The highest BCUT2D eigenvalue weighted by Gasteiger charge is 2.18. The second-order valence-electron chi connectivity index (χ2n) is 3.23. The molecule has 84 valence electrons. The van der Waals surface area contributed by atoms with Crippen molar-refractivity contribution in [1.82, 2.24) is 15.2 Å². The summed E-state index contributed by atoms with van der Waals surface area (Å²) >= 11 is 0. The van der Waals surface area contributed by atoms with Crippen molar-refractivity contribution < 1.29 is 8.42 Å². The Morgan fingerprint density at radius 2 is 1.88 bits per heavy atom. The minimum atomic E-state index is -3.59. The molecular weight excluding hydrogens is 230 g/mol. The molecule has 0 atom stereocenters. The molecule has 0 spiro atoms. The average molecular weight is 239 g/mol. The van der Waals surface area contributed by atoms with Crippen molar-refractivity contribution in [1.29, 1.82) is 0 Å². The van der Waals surface area contributed by atoms with Crippen molar-refractivity contribution in [3.05, 3.63) is 46.4 Å². The van der Waals surface area contributed by atoms with Crippen molar-refractivity contribution in [2.24, 2.45) is 0 Å². The van der Waals surface area contributed by atoms with Crippen LogP contribution in [0.1, 0.15) is 5.56 Å². The lowest BCUT2D eigenvalue weighted by Gasteiger charge is -1.99. The molecule has 2 aromatic rings. The maximum Gasteiger partial charge on any atom is 0.341 e. The summed E-state index contributed by atoms with van der Waals surface area (Å²) in [5.41, 5.74) is 0.0120. The molecule has 1 aromatic carbocycles. The number of hydrogen-bond donors (Lipinski definition) is 2. The van der Waals surface area contributed by atoms with E-state index in [4.69, 9.17) is 0 Å². The molecule has 0 saturated carbocycles. The minimum absolute atomic E-state index is 0.186. The van der Waals surface area contributed by atoms with Crippen LogP contribution in [0.5, 0.6) is 0 Å². The molecule has 6 nitrogen and oxygen atoms in total. The number of benzene rings is 1. The van der Waals surface area contributed by atoms with Crippen LogP contribution in [-0.2, 0) is 15.6 Å². The third-order valence-corrected chi connectivity index (χ3v) is 3.47. The maximum atomic E-state index is 11.8. The van der Waals surface area contributed by atoms with Gasteiger partial charge in [-0.25, -0.2) is 18.3 Å².